The first-order chi connectivity index (χ1) is 11.3. The van der Waals surface area contributed by atoms with Crippen molar-refractivity contribution in [2.24, 2.45) is 0 Å². The molecule has 3 nitrogen and oxygen atoms in total. The Morgan fingerprint density at radius 3 is 2.39 bits per heavy atom. The predicted octanol–water partition coefficient (Wildman–Crippen LogP) is 3.88. The summed E-state index contributed by atoms with van der Waals surface area (Å²) < 4.78 is 0. The Morgan fingerprint density at radius 1 is 1.09 bits per heavy atom. The van der Waals surface area contributed by atoms with Crippen LogP contribution in [0.3, 0.4) is 0 Å². The van der Waals surface area contributed by atoms with Crippen molar-refractivity contribution in [3.8, 4) is 0 Å². The summed E-state index contributed by atoms with van der Waals surface area (Å²) in [7, 11) is 0. The van der Waals surface area contributed by atoms with Crippen molar-refractivity contribution in [3.05, 3.63) is 66.2 Å². The smallest absolute Gasteiger partial charge is 0.241 e. The molecule has 1 saturated heterocycles. The molecule has 0 spiro atoms. The number of anilines is 1. The van der Waals surface area contributed by atoms with E-state index in [9.17, 15) is 4.79 Å². The molecule has 1 unspecified atom stereocenters. The van der Waals surface area contributed by atoms with Gasteiger partial charge in [-0.25, -0.2) is 0 Å². The molecule has 3 rings (SSSR count). The minimum absolute atomic E-state index is 0.182. The van der Waals surface area contributed by atoms with Crippen LogP contribution in [0, 0.1) is 0 Å². The van der Waals surface area contributed by atoms with E-state index >= 15 is 0 Å². The monoisotopic (exact) mass is 308 g/mol. The van der Waals surface area contributed by atoms with Crippen LogP contribution in [0.25, 0.3) is 0 Å². The van der Waals surface area contributed by atoms with Gasteiger partial charge in [0.05, 0.1) is 6.54 Å². The fraction of sp³-hybridized carbons (Fsp3) is 0.350. The SMILES string of the molecule is CCN(C(=O)CN1CCCC1c1ccccc1)c1ccccc1. The maximum atomic E-state index is 12.8. The van der Waals surface area contributed by atoms with Crippen LogP contribution < -0.4 is 4.90 Å². The van der Waals surface area contributed by atoms with Crippen molar-refractivity contribution < 1.29 is 4.79 Å². The van der Waals surface area contributed by atoms with Crippen molar-refractivity contribution in [1.29, 1.82) is 0 Å². The largest absolute Gasteiger partial charge is 0.312 e. The van der Waals surface area contributed by atoms with Gasteiger partial charge in [0, 0.05) is 18.3 Å². The standard InChI is InChI=1S/C20H24N2O/c1-2-22(18-12-7-4-8-13-18)20(23)16-21-15-9-14-19(21)17-10-5-3-6-11-17/h3-8,10-13,19H,2,9,14-16H2,1H3. The number of likely N-dealkylation sites (N-methyl/N-ethyl adjacent to an activating group) is 1. The molecule has 2 aromatic carbocycles. The number of carbonyl (C=O) groups excluding carboxylic acids is 1. The van der Waals surface area contributed by atoms with Crippen molar-refractivity contribution >= 4 is 11.6 Å². The van der Waals surface area contributed by atoms with E-state index in [1.165, 1.54) is 5.56 Å². The van der Waals surface area contributed by atoms with Crippen molar-refractivity contribution in [2.75, 3.05) is 24.5 Å². The average molecular weight is 308 g/mol. The number of rotatable bonds is 5. The maximum Gasteiger partial charge on any atom is 0.241 e. The third-order valence-corrected chi connectivity index (χ3v) is 4.57. The zero-order valence-electron chi connectivity index (χ0n) is 13.7. The Balaban J connectivity index is 1.71. The molecule has 1 fully saturated rings. The second kappa shape index (κ2) is 7.42. The summed E-state index contributed by atoms with van der Waals surface area (Å²) >= 11 is 0. The molecular weight excluding hydrogens is 284 g/mol. The van der Waals surface area contributed by atoms with Crippen LogP contribution in [-0.2, 0) is 4.79 Å². The molecule has 0 saturated carbocycles. The summed E-state index contributed by atoms with van der Waals surface area (Å²) in [5.74, 6) is 0.182. The third-order valence-electron chi connectivity index (χ3n) is 4.57. The first-order valence-corrected chi connectivity index (χ1v) is 8.44. The summed E-state index contributed by atoms with van der Waals surface area (Å²) in [6.07, 6.45) is 2.29. The number of benzene rings is 2. The van der Waals surface area contributed by atoms with Gasteiger partial charge in [0.1, 0.15) is 0 Å². The van der Waals surface area contributed by atoms with E-state index in [4.69, 9.17) is 0 Å². The lowest BCUT2D eigenvalue weighted by atomic mass is 10.0. The van der Waals surface area contributed by atoms with Gasteiger partial charge in [-0.3, -0.25) is 9.69 Å². The third kappa shape index (κ3) is 3.62. The average Bonchev–Trinajstić information content (AvgIpc) is 3.05. The van der Waals surface area contributed by atoms with Gasteiger partial charge in [0.2, 0.25) is 5.91 Å². The fourth-order valence-corrected chi connectivity index (χ4v) is 3.44. The molecule has 120 valence electrons. The Bertz CT molecular complexity index is 627. The number of nitrogens with zero attached hydrogens (tertiary/aromatic N) is 2. The maximum absolute atomic E-state index is 12.8. The molecule has 2 aromatic rings. The van der Waals surface area contributed by atoms with Crippen LogP contribution >= 0.6 is 0 Å². The number of hydrogen-bond donors (Lipinski definition) is 0. The number of hydrogen-bond acceptors (Lipinski definition) is 2. The molecule has 0 aliphatic carbocycles. The Morgan fingerprint density at radius 2 is 1.74 bits per heavy atom. The number of carbonyl (C=O) groups is 1. The number of para-hydroxylation sites is 1. The topological polar surface area (TPSA) is 23.6 Å². The second-order valence-electron chi connectivity index (χ2n) is 6.01. The summed E-state index contributed by atoms with van der Waals surface area (Å²) in [4.78, 5) is 17.0. The molecule has 1 heterocycles. The highest BCUT2D eigenvalue weighted by molar-refractivity contribution is 5.94. The first kappa shape index (κ1) is 15.8. The molecule has 23 heavy (non-hydrogen) atoms. The molecule has 0 N–H and O–H groups in total. The van der Waals surface area contributed by atoms with Gasteiger partial charge in [-0.1, -0.05) is 48.5 Å². The van der Waals surface area contributed by atoms with Crippen LogP contribution in [-0.4, -0.2) is 30.4 Å². The van der Waals surface area contributed by atoms with E-state index in [0.29, 0.717) is 19.1 Å². The lowest BCUT2D eigenvalue weighted by Crippen LogP contribution is -2.40. The highest BCUT2D eigenvalue weighted by atomic mass is 16.2. The fourth-order valence-electron chi connectivity index (χ4n) is 3.44. The van der Waals surface area contributed by atoms with Crippen LogP contribution in [0.15, 0.2) is 60.7 Å². The van der Waals surface area contributed by atoms with E-state index < -0.39 is 0 Å². The lowest BCUT2D eigenvalue weighted by molar-refractivity contribution is -0.119. The quantitative estimate of drug-likeness (QED) is 0.837. The van der Waals surface area contributed by atoms with Crippen LogP contribution in [0.2, 0.25) is 0 Å². The van der Waals surface area contributed by atoms with E-state index in [-0.39, 0.29) is 5.91 Å². The highest BCUT2D eigenvalue weighted by Gasteiger charge is 2.28. The van der Waals surface area contributed by atoms with Gasteiger partial charge >= 0.3 is 0 Å². The molecule has 0 radical (unpaired) electrons. The zero-order valence-corrected chi connectivity index (χ0v) is 13.7. The highest BCUT2D eigenvalue weighted by Crippen LogP contribution is 2.31. The van der Waals surface area contributed by atoms with Crippen molar-refractivity contribution in [3.63, 3.8) is 0 Å². The van der Waals surface area contributed by atoms with Crippen LogP contribution in [0.4, 0.5) is 5.69 Å². The Hall–Kier alpha value is -2.13. The van der Waals surface area contributed by atoms with Gasteiger partial charge in [-0.2, -0.15) is 0 Å². The van der Waals surface area contributed by atoms with Crippen LogP contribution in [0.1, 0.15) is 31.4 Å². The van der Waals surface area contributed by atoms with Crippen LogP contribution in [0.5, 0.6) is 0 Å². The number of amides is 1. The Kier molecular flexibility index (Phi) is 5.09. The van der Waals surface area contributed by atoms with Gasteiger partial charge < -0.3 is 4.90 Å². The van der Waals surface area contributed by atoms with Crippen molar-refractivity contribution in [1.82, 2.24) is 4.90 Å². The predicted molar refractivity (Wildman–Crippen MR) is 94.5 cm³/mol. The van der Waals surface area contributed by atoms with Crippen molar-refractivity contribution in [2.45, 2.75) is 25.8 Å². The van der Waals surface area contributed by atoms with Gasteiger partial charge in [0.15, 0.2) is 0 Å². The molecule has 1 atom stereocenters. The summed E-state index contributed by atoms with van der Waals surface area (Å²) in [5.41, 5.74) is 2.30. The molecule has 1 amide bonds. The lowest BCUT2D eigenvalue weighted by Gasteiger charge is -2.28. The Labute approximate surface area is 138 Å². The molecule has 0 bridgehead atoms. The first-order valence-electron chi connectivity index (χ1n) is 8.44. The van der Waals surface area contributed by atoms with E-state index in [1.54, 1.807) is 0 Å². The minimum atomic E-state index is 0.182. The molecular formula is C20H24N2O. The van der Waals surface area contributed by atoms with Gasteiger partial charge in [0.25, 0.3) is 0 Å². The second-order valence-corrected chi connectivity index (χ2v) is 6.01. The summed E-state index contributed by atoms with van der Waals surface area (Å²) in [6, 6.07) is 20.9. The van der Waals surface area contributed by atoms with E-state index in [0.717, 1.165) is 25.1 Å². The normalized spacial score (nSPS) is 18.0. The van der Waals surface area contributed by atoms with E-state index in [1.807, 2.05) is 48.2 Å². The number of likely N-dealkylation sites (tertiary alicyclic amines) is 1. The molecule has 1 aliphatic heterocycles. The van der Waals surface area contributed by atoms with Gasteiger partial charge in [-0.15, -0.1) is 0 Å². The molecule has 3 heteroatoms. The summed E-state index contributed by atoms with van der Waals surface area (Å²) in [6.45, 7) is 4.22. The van der Waals surface area contributed by atoms with Gasteiger partial charge in [-0.05, 0) is 44.0 Å². The summed E-state index contributed by atoms with van der Waals surface area (Å²) in [5, 5.41) is 0. The zero-order chi connectivity index (χ0) is 16.1. The molecule has 0 aromatic heterocycles. The van der Waals surface area contributed by atoms with E-state index in [2.05, 4.69) is 29.2 Å². The minimum Gasteiger partial charge on any atom is -0.312 e. The molecule has 1 aliphatic rings.